The zero-order valence-electron chi connectivity index (χ0n) is 10.5. The summed E-state index contributed by atoms with van der Waals surface area (Å²) in [7, 11) is 1.93. The summed E-state index contributed by atoms with van der Waals surface area (Å²) in [6, 6.07) is 6.18. The summed E-state index contributed by atoms with van der Waals surface area (Å²) in [5.41, 5.74) is 3.56. The van der Waals surface area contributed by atoms with Gasteiger partial charge in [0.2, 0.25) is 12.3 Å². The SMILES string of the molecule is Cc1ccc(N(C)CCC(=O)NC=O)cc1C. The van der Waals surface area contributed by atoms with Gasteiger partial charge in [-0.3, -0.25) is 14.9 Å². The summed E-state index contributed by atoms with van der Waals surface area (Å²) < 4.78 is 0. The minimum atomic E-state index is -0.254. The van der Waals surface area contributed by atoms with Crippen LogP contribution in [0.15, 0.2) is 18.2 Å². The molecule has 0 saturated heterocycles. The van der Waals surface area contributed by atoms with E-state index in [9.17, 15) is 9.59 Å². The van der Waals surface area contributed by atoms with Gasteiger partial charge in [-0.2, -0.15) is 0 Å². The first-order valence-corrected chi connectivity index (χ1v) is 5.56. The van der Waals surface area contributed by atoms with Crippen LogP contribution < -0.4 is 10.2 Å². The minimum absolute atomic E-state index is 0.254. The number of carbonyl (C=O) groups is 2. The van der Waals surface area contributed by atoms with E-state index in [0.29, 0.717) is 19.4 Å². The van der Waals surface area contributed by atoms with Gasteiger partial charge >= 0.3 is 0 Å². The van der Waals surface area contributed by atoms with Crippen LogP contribution in [0.2, 0.25) is 0 Å². The molecule has 0 aliphatic carbocycles. The molecule has 0 atom stereocenters. The Morgan fingerprint density at radius 3 is 2.65 bits per heavy atom. The number of hydrogen-bond acceptors (Lipinski definition) is 3. The number of nitrogens with zero attached hydrogens (tertiary/aromatic N) is 1. The molecular weight excluding hydrogens is 216 g/mol. The summed E-state index contributed by atoms with van der Waals surface area (Å²) in [6.45, 7) is 4.71. The maximum Gasteiger partial charge on any atom is 0.228 e. The van der Waals surface area contributed by atoms with Crippen LogP contribution in [0.4, 0.5) is 5.69 Å². The topological polar surface area (TPSA) is 49.4 Å². The van der Waals surface area contributed by atoms with Gasteiger partial charge in [-0.05, 0) is 37.1 Å². The van der Waals surface area contributed by atoms with Gasteiger partial charge in [0.25, 0.3) is 0 Å². The molecule has 0 heterocycles. The van der Waals surface area contributed by atoms with Crippen LogP contribution in [0, 0.1) is 13.8 Å². The molecule has 0 radical (unpaired) electrons. The lowest BCUT2D eigenvalue weighted by Crippen LogP contribution is -2.27. The highest BCUT2D eigenvalue weighted by Crippen LogP contribution is 2.17. The predicted octanol–water partition coefficient (Wildman–Crippen LogP) is 1.40. The number of aryl methyl sites for hydroxylation is 2. The lowest BCUT2D eigenvalue weighted by molar-refractivity contribution is -0.125. The van der Waals surface area contributed by atoms with Gasteiger partial charge in [0.15, 0.2) is 0 Å². The van der Waals surface area contributed by atoms with E-state index < -0.39 is 0 Å². The molecule has 17 heavy (non-hydrogen) atoms. The maximum absolute atomic E-state index is 11.1. The molecule has 0 fully saturated rings. The zero-order valence-corrected chi connectivity index (χ0v) is 10.5. The maximum atomic E-state index is 11.1. The van der Waals surface area contributed by atoms with Crippen molar-refractivity contribution in [2.75, 3.05) is 18.5 Å². The highest BCUT2D eigenvalue weighted by atomic mass is 16.2. The summed E-state index contributed by atoms with van der Waals surface area (Å²) in [5, 5.41) is 2.13. The molecule has 0 unspecified atom stereocenters. The number of benzene rings is 1. The normalized spacial score (nSPS) is 9.82. The molecular formula is C13H18N2O2. The number of nitrogens with one attached hydrogen (secondary N) is 1. The van der Waals surface area contributed by atoms with E-state index in [1.54, 1.807) is 0 Å². The molecule has 4 heteroatoms. The molecule has 0 aliphatic rings. The molecule has 0 aliphatic heterocycles. The quantitative estimate of drug-likeness (QED) is 0.783. The van der Waals surface area contributed by atoms with Gasteiger partial charge in [-0.1, -0.05) is 6.07 Å². The molecule has 1 aromatic rings. The first-order chi connectivity index (χ1) is 8.04. The number of carbonyl (C=O) groups excluding carboxylic acids is 2. The number of anilines is 1. The van der Waals surface area contributed by atoms with Gasteiger partial charge in [-0.15, -0.1) is 0 Å². The van der Waals surface area contributed by atoms with Gasteiger partial charge in [-0.25, -0.2) is 0 Å². The van der Waals surface area contributed by atoms with E-state index in [1.807, 2.05) is 18.0 Å². The van der Waals surface area contributed by atoms with Crippen molar-refractivity contribution in [3.63, 3.8) is 0 Å². The van der Waals surface area contributed by atoms with Crippen LogP contribution in [0.5, 0.6) is 0 Å². The lowest BCUT2D eigenvalue weighted by atomic mass is 10.1. The molecule has 4 nitrogen and oxygen atoms in total. The van der Waals surface area contributed by atoms with E-state index in [-0.39, 0.29) is 5.91 Å². The Morgan fingerprint density at radius 2 is 2.06 bits per heavy atom. The average molecular weight is 234 g/mol. The van der Waals surface area contributed by atoms with Gasteiger partial charge in [0.1, 0.15) is 0 Å². The smallest absolute Gasteiger partial charge is 0.228 e. The number of rotatable bonds is 5. The van der Waals surface area contributed by atoms with Crippen LogP contribution in [0.3, 0.4) is 0 Å². The van der Waals surface area contributed by atoms with Crippen LogP contribution >= 0.6 is 0 Å². The van der Waals surface area contributed by atoms with Crippen LogP contribution in [-0.4, -0.2) is 25.9 Å². The Labute approximate surface area is 102 Å². The van der Waals surface area contributed by atoms with Crippen LogP contribution in [0.1, 0.15) is 17.5 Å². The molecule has 1 rings (SSSR count). The second kappa shape index (κ2) is 6.03. The third kappa shape index (κ3) is 3.90. The second-order valence-corrected chi connectivity index (χ2v) is 4.13. The number of amides is 2. The summed E-state index contributed by atoms with van der Waals surface area (Å²) >= 11 is 0. The lowest BCUT2D eigenvalue weighted by Gasteiger charge is -2.19. The van der Waals surface area contributed by atoms with E-state index in [4.69, 9.17) is 0 Å². The number of imide groups is 1. The molecule has 0 aromatic heterocycles. The van der Waals surface area contributed by atoms with Crippen molar-refractivity contribution in [3.8, 4) is 0 Å². The Bertz CT molecular complexity index is 416. The first-order valence-electron chi connectivity index (χ1n) is 5.56. The monoisotopic (exact) mass is 234 g/mol. The van der Waals surface area contributed by atoms with E-state index in [1.165, 1.54) is 11.1 Å². The van der Waals surface area contributed by atoms with Gasteiger partial charge < -0.3 is 4.90 Å². The third-order valence-electron chi connectivity index (χ3n) is 2.83. The summed E-state index contributed by atoms with van der Waals surface area (Å²) in [5.74, 6) is -0.254. The zero-order chi connectivity index (χ0) is 12.8. The molecule has 0 saturated carbocycles. The Balaban J connectivity index is 2.57. The van der Waals surface area contributed by atoms with Crippen molar-refractivity contribution in [2.24, 2.45) is 0 Å². The fourth-order valence-electron chi connectivity index (χ4n) is 1.50. The van der Waals surface area contributed by atoms with Gasteiger partial charge in [0, 0.05) is 25.7 Å². The molecule has 0 bridgehead atoms. The highest BCUT2D eigenvalue weighted by Gasteiger charge is 2.05. The Kier molecular flexibility index (Phi) is 4.69. The average Bonchev–Trinajstić information content (AvgIpc) is 2.30. The highest BCUT2D eigenvalue weighted by molar-refractivity contribution is 5.86. The van der Waals surface area contributed by atoms with Crippen molar-refractivity contribution in [1.29, 1.82) is 0 Å². The fraction of sp³-hybridized carbons (Fsp3) is 0.385. The molecule has 2 amide bonds. The van der Waals surface area contributed by atoms with Crippen LogP contribution in [0.25, 0.3) is 0 Å². The molecule has 1 aromatic carbocycles. The fourth-order valence-corrected chi connectivity index (χ4v) is 1.50. The van der Waals surface area contributed by atoms with Crippen molar-refractivity contribution in [2.45, 2.75) is 20.3 Å². The van der Waals surface area contributed by atoms with Crippen molar-refractivity contribution < 1.29 is 9.59 Å². The number of hydrogen-bond donors (Lipinski definition) is 1. The second-order valence-electron chi connectivity index (χ2n) is 4.13. The predicted molar refractivity (Wildman–Crippen MR) is 68.0 cm³/mol. The summed E-state index contributed by atoms with van der Waals surface area (Å²) in [6.07, 6.45) is 0.723. The van der Waals surface area contributed by atoms with Crippen molar-refractivity contribution in [1.82, 2.24) is 5.32 Å². The molecule has 92 valence electrons. The third-order valence-corrected chi connectivity index (χ3v) is 2.83. The van der Waals surface area contributed by atoms with Gasteiger partial charge in [0.05, 0.1) is 0 Å². The van der Waals surface area contributed by atoms with Crippen molar-refractivity contribution >= 4 is 18.0 Å². The Hall–Kier alpha value is -1.84. The Morgan fingerprint density at radius 1 is 1.35 bits per heavy atom. The van der Waals surface area contributed by atoms with E-state index in [2.05, 4.69) is 31.3 Å². The first kappa shape index (κ1) is 13.2. The molecule has 0 spiro atoms. The van der Waals surface area contributed by atoms with Crippen LogP contribution in [-0.2, 0) is 9.59 Å². The standard InChI is InChI=1S/C13H18N2O2/c1-10-4-5-12(8-11(10)2)15(3)7-6-13(17)14-9-16/h4-5,8-9H,6-7H2,1-3H3,(H,14,16,17). The summed E-state index contributed by atoms with van der Waals surface area (Å²) in [4.78, 5) is 23.2. The van der Waals surface area contributed by atoms with Crippen molar-refractivity contribution in [3.05, 3.63) is 29.3 Å². The minimum Gasteiger partial charge on any atom is -0.374 e. The van der Waals surface area contributed by atoms with E-state index in [0.717, 1.165) is 5.69 Å². The molecule has 1 N–H and O–H groups in total. The van der Waals surface area contributed by atoms with E-state index >= 15 is 0 Å². The largest absolute Gasteiger partial charge is 0.374 e.